The van der Waals surface area contributed by atoms with E-state index in [0.29, 0.717) is 0 Å². The van der Waals surface area contributed by atoms with Crippen molar-refractivity contribution in [2.24, 2.45) is 5.92 Å². The SMILES string of the molecule is Cc1cc2nc3n(c2cc1C)C(NC(=O)C1CCN(C(=O)OC(C)(C)C)CC1)(C(F)(F)F)C(=O)N3.[HH].[HH]. The molecule has 0 bridgehead atoms. The molecule has 1 saturated heterocycles. The summed E-state index contributed by atoms with van der Waals surface area (Å²) in [5, 5.41) is 4.20. The first-order valence-corrected chi connectivity index (χ1v) is 11.3. The number of imidazole rings is 1. The Morgan fingerprint density at radius 3 is 2.34 bits per heavy atom. The van der Waals surface area contributed by atoms with E-state index in [-0.39, 0.29) is 45.8 Å². The van der Waals surface area contributed by atoms with Crippen molar-refractivity contribution in [1.82, 2.24) is 19.8 Å². The van der Waals surface area contributed by atoms with Crippen LogP contribution < -0.4 is 10.6 Å². The van der Waals surface area contributed by atoms with Crippen molar-refractivity contribution in [2.45, 2.75) is 64.9 Å². The summed E-state index contributed by atoms with van der Waals surface area (Å²) in [5.74, 6) is -3.44. The summed E-state index contributed by atoms with van der Waals surface area (Å²) in [6, 6.07) is 3.16. The van der Waals surface area contributed by atoms with Crippen molar-refractivity contribution in [3.05, 3.63) is 23.3 Å². The number of likely N-dealkylation sites (tertiary alicyclic amines) is 1. The summed E-state index contributed by atoms with van der Waals surface area (Å²) in [7, 11) is 0. The third-order valence-electron chi connectivity index (χ3n) is 6.39. The third kappa shape index (κ3) is 4.19. The topological polar surface area (TPSA) is 106 Å². The number of rotatable bonds is 2. The van der Waals surface area contributed by atoms with Crippen LogP contribution in [0.25, 0.3) is 11.0 Å². The molecule has 1 aromatic carbocycles. The van der Waals surface area contributed by atoms with Gasteiger partial charge in [-0.1, -0.05) is 0 Å². The standard InChI is InChI=1S/C23H28F3N5O4.2H2/c1-12-10-15-16(11-13(12)2)31-19(27-15)28-18(33)22(31,23(24,25)26)29-17(32)14-6-8-30(9-7-14)20(34)35-21(3,4)5;;/h10-11,14H,6-9H2,1-5H3,(H,29,32)(H,27,28,33);2*1H. The van der Waals surface area contributed by atoms with Gasteiger partial charge in [0.15, 0.2) is 0 Å². The zero-order valence-electron chi connectivity index (χ0n) is 20.2. The van der Waals surface area contributed by atoms with E-state index in [1.165, 1.54) is 11.0 Å². The number of aryl methyl sites for hydroxylation is 2. The Labute approximate surface area is 203 Å². The Morgan fingerprint density at radius 1 is 1.17 bits per heavy atom. The number of piperidine rings is 1. The number of amides is 3. The number of aromatic nitrogens is 2. The molecule has 1 atom stereocenters. The highest BCUT2D eigenvalue weighted by Crippen LogP contribution is 2.44. The second kappa shape index (κ2) is 8.13. The highest BCUT2D eigenvalue weighted by Gasteiger charge is 2.68. The minimum Gasteiger partial charge on any atom is -0.444 e. The molecule has 2 aliphatic rings. The lowest BCUT2D eigenvalue weighted by atomic mass is 9.95. The Balaban J connectivity index is 0.00000241. The minimum absolute atomic E-state index is 0. The number of hydrogen-bond acceptors (Lipinski definition) is 5. The lowest BCUT2D eigenvalue weighted by molar-refractivity contribution is -0.218. The van der Waals surface area contributed by atoms with Crippen LogP contribution in [0.2, 0.25) is 0 Å². The number of benzene rings is 1. The third-order valence-corrected chi connectivity index (χ3v) is 6.39. The summed E-state index contributed by atoms with van der Waals surface area (Å²) in [4.78, 5) is 43.7. The van der Waals surface area contributed by atoms with Crippen LogP contribution in [0.1, 0.15) is 47.6 Å². The van der Waals surface area contributed by atoms with Gasteiger partial charge in [-0.2, -0.15) is 13.2 Å². The van der Waals surface area contributed by atoms with Crippen LogP contribution in [0.5, 0.6) is 0 Å². The first kappa shape index (κ1) is 24.8. The van der Waals surface area contributed by atoms with Gasteiger partial charge in [0.25, 0.3) is 11.6 Å². The summed E-state index contributed by atoms with van der Waals surface area (Å²) in [5.41, 5.74) is -2.12. The quantitative estimate of drug-likeness (QED) is 0.648. The monoisotopic (exact) mass is 499 g/mol. The molecule has 1 aromatic heterocycles. The minimum atomic E-state index is -5.15. The molecule has 0 aliphatic carbocycles. The predicted molar refractivity (Wildman–Crippen MR) is 125 cm³/mol. The van der Waals surface area contributed by atoms with E-state index >= 15 is 0 Å². The van der Waals surface area contributed by atoms with E-state index in [0.717, 1.165) is 15.7 Å². The van der Waals surface area contributed by atoms with Crippen LogP contribution in [-0.2, 0) is 20.0 Å². The Hall–Kier alpha value is -3.31. The van der Waals surface area contributed by atoms with Crippen molar-refractivity contribution in [3.63, 3.8) is 0 Å². The van der Waals surface area contributed by atoms with E-state index < -0.39 is 41.3 Å². The van der Waals surface area contributed by atoms with E-state index in [1.54, 1.807) is 40.7 Å². The molecule has 0 radical (unpaired) electrons. The molecule has 2 aliphatic heterocycles. The molecule has 12 heteroatoms. The lowest BCUT2D eigenvalue weighted by Crippen LogP contribution is -2.64. The number of alkyl halides is 3. The second-order valence-corrected chi connectivity index (χ2v) is 10.1. The molecule has 1 fully saturated rings. The molecule has 4 rings (SSSR count). The van der Waals surface area contributed by atoms with E-state index in [4.69, 9.17) is 4.74 Å². The van der Waals surface area contributed by atoms with Crippen LogP contribution in [-0.4, -0.2) is 57.2 Å². The molecule has 0 spiro atoms. The maximum absolute atomic E-state index is 14.6. The molecule has 194 valence electrons. The molecule has 1 unspecified atom stereocenters. The average molecular weight is 500 g/mol. The fourth-order valence-corrected chi connectivity index (χ4v) is 4.42. The van der Waals surface area contributed by atoms with Gasteiger partial charge < -0.3 is 15.0 Å². The Morgan fingerprint density at radius 2 is 1.77 bits per heavy atom. The number of nitrogens with one attached hydrogen (secondary N) is 2. The summed E-state index contributed by atoms with van der Waals surface area (Å²) < 4.78 is 49.8. The van der Waals surface area contributed by atoms with Crippen molar-refractivity contribution in [1.29, 1.82) is 0 Å². The molecule has 0 saturated carbocycles. The molecule has 2 N–H and O–H groups in total. The number of anilines is 1. The van der Waals surface area contributed by atoms with E-state index in [2.05, 4.69) is 10.3 Å². The maximum atomic E-state index is 14.6. The molecule has 35 heavy (non-hydrogen) atoms. The smallest absolute Gasteiger partial charge is 0.440 e. The molecule has 9 nitrogen and oxygen atoms in total. The first-order chi connectivity index (χ1) is 16.1. The van der Waals surface area contributed by atoms with Crippen molar-refractivity contribution in [3.8, 4) is 0 Å². The van der Waals surface area contributed by atoms with Crippen LogP contribution in [0.15, 0.2) is 12.1 Å². The number of carbonyl (C=O) groups excluding carboxylic acids is 3. The number of carbonyl (C=O) groups is 3. The van der Waals surface area contributed by atoms with Gasteiger partial charge >= 0.3 is 12.3 Å². The largest absolute Gasteiger partial charge is 0.444 e. The normalized spacial score (nSPS) is 21.1. The molecular weight excluding hydrogens is 467 g/mol. The van der Waals surface area contributed by atoms with Gasteiger partial charge in [0.1, 0.15) is 5.60 Å². The molecular formula is C23H32F3N5O4. The maximum Gasteiger partial charge on any atom is 0.440 e. The van der Waals surface area contributed by atoms with E-state index in [9.17, 15) is 27.6 Å². The van der Waals surface area contributed by atoms with Crippen molar-refractivity contribution < 1.29 is 35.1 Å². The summed E-state index contributed by atoms with van der Waals surface area (Å²) in [6.07, 6.45) is -5.42. The highest BCUT2D eigenvalue weighted by molar-refractivity contribution is 6.05. The molecule has 3 heterocycles. The van der Waals surface area contributed by atoms with Gasteiger partial charge in [0.05, 0.1) is 11.0 Å². The zero-order valence-corrected chi connectivity index (χ0v) is 20.2. The van der Waals surface area contributed by atoms with Crippen LogP contribution in [0.3, 0.4) is 0 Å². The predicted octanol–water partition coefficient (Wildman–Crippen LogP) is 4.08. The van der Waals surface area contributed by atoms with Crippen LogP contribution in [0, 0.1) is 19.8 Å². The lowest BCUT2D eigenvalue weighted by Gasteiger charge is -2.36. The molecule has 2 aromatic rings. The van der Waals surface area contributed by atoms with Gasteiger partial charge in [-0.3, -0.25) is 19.5 Å². The second-order valence-electron chi connectivity index (χ2n) is 10.1. The van der Waals surface area contributed by atoms with Crippen molar-refractivity contribution in [2.75, 3.05) is 18.4 Å². The first-order valence-electron chi connectivity index (χ1n) is 11.3. The number of ether oxygens (including phenoxy) is 1. The van der Waals surface area contributed by atoms with E-state index in [1.807, 2.05) is 5.32 Å². The molecule has 3 amide bonds. The Kier molecular flexibility index (Phi) is 5.76. The van der Waals surface area contributed by atoms with Gasteiger partial charge in [-0.05, 0) is 70.7 Å². The Bertz CT molecular complexity index is 1220. The van der Waals surface area contributed by atoms with Gasteiger partial charge in [0.2, 0.25) is 11.9 Å². The fourth-order valence-electron chi connectivity index (χ4n) is 4.42. The van der Waals surface area contributed by atoms with Crippen LogP contribution >= 0.6 is 0 Å². The zero-order chi connectivity index (χ0) is 25.9. The van der Waals surface area contributed by atoms with Gasteiger partial charge in [-0.25, -0.2) is 9.78 Å². The summed E-state index contributed by atoms with van der Waals surface area (Å²) in [6.45, 7) is 9.03. The highest BCUT2D eigenvalue weighted by atomic mass is 19.4. The fraction of sp³-hybridized carbons (Fsp3) is 0.565. The number of hydrogen-bond donors (Lipinski definition) is 2. The average Bonchev–Trinajstić information content (AvgIpc) is 3.20. The number of halogens is 3. The number of nitrogens with zero attached hydrogens (tertiary/aromatic N) is 3. The number of fused-ring (bicyclic) bond motifs is 3. The summed E-state index contributed by atoms with van der Waals surface area (Å²) >= 11 is 0. The van der Waals surface area contributed by atoms with Crippen LogP contribution in [0.4, 0.5) is 23.9 Å². The van der Waals surface area contributed by atoms with Crippen molar-refractivity contribution >= 4 is 34.9 Å². The van der Waals surface area contributed by atoms with Gasteiger partial charge in [-0.15, -0.1) is 0 Å². The van der Waals surface area contributed by atoms with Gasteiger partial charge in [0, 0.05) is 21.9 Å².